The molecule has 6 heteroatoms. The third-order valence-corrected chi connectivity index (χ3v) is 4.72. The molecular formula is C20H24F2N3O+. The van der Waals surface area contributed by atoms with Gasteiger partial charge in [0, 0.05) is 24.5 Å². The molecule has 2 aromatic rings. The first-order chi connectivity index (χ1) is 12.6. The fraction of sp³-hybridized carbons (Fsp3) is 0.350. The van der Waals surface area contributed by atoms with Gasteiger partial charge in [0.2, 0.25) is 0 Å². The number of benzene rings is 2. The van der Waals surface area contributed by atoms with E-state index in [9.17, 15) is 8.78 Å². The highest BCUT2D eigenvalue weighted by Gasteiger charge is 2.18. The Labute approximate surface area is 152 Å². The second-order valence-electron chi connectivity index (χ2n) is 6.59. The maximum Gasteiger partial charge on any atom is 0.151 e. The summed E-state index contributed by atoms with van der Waals surface area (Å²) in [5, 5.41) is 4.24. The Morgan fingerprint density at radius 3 is 2.62 bits per heavy atom. The van der Waals surface area contributed by atoms with Crippen molar-refractivity contribution in [3.8, 4) is 5.75 Å². The maximum atomic E-state index is 13.7. The van der Waals surface area contributed by atoms with Crippen LogP contribution < -0.4 is 15.1 Å². The normalized spacial score (nSPS) is 15.3. The molecule has 0 atom stereocenters. The van der Waals surface area contributed by atoms with E-state index < -0.39 is 11.6 Å². The minimum Gasteiger partial charge on any atom is -0.496 e. The van der Waals surface area contributed by atoms with E-state index >= 15 is 0 Å². The minimum absolute atomic E-state index is 0.140. The van der Waals surface area contributed by atoms with Crippen molar-refractivity contribution >= 4 is 11.4 Å². The zero-order valence-corrected chi connectivity index (χ0v) is 15.1. The molecule has 1 fully saturated rings. The van der Waals surface area contributed by atoms with E-state index in [1.807, 2.05) is 19.1 Å². The van der Waals surface area contributed by atoms with Crippen molar-refractivity contribution in [2.45, 2.75) is 26.3 Å². The molecule has 0 aliphatic carbocycles. The molecule has 1 heterocycles. The number of hydrazone groups is 1. The first kappa shape index (κ1) is 18.3. The minimum atomic E-state index is -0.672. The standard InChI is InChI=1S/C20H23F2N3O/c1-14(23-24-19-7-6-17(21)12-18(19)22)15-5-8-20(26-2)16(11-15)13-25-9-3-4-10-25/h5-8,11-12,24H,3-4,9-10,13H2,1-2H3/p+1/b23-14-. The van der Waals surface area contributed by atoms with Crippen molar-refractivity contribution in [3.63, 3.8) is 0 Å². The Morgan fingerprint density at radius 1 is 1.15 bits per heavy atom. The van der Waals surface area contributed by atoms with Crippen molar-refractivity contribution in [2.24, 2.45) is 5.10 Å². The van der Waals surface area contributed by atoms with Crippen LogP contribution in [-0.2, 0) is 6.54 Å². The van der Waals surface area contributed by atoms with Gasteiger partial charge in [0.05, 0.1) is 31.6 Å². The first-order valence-electron chi connectivity index (χ1n) is 8.83. The molecule has 0 unspecified atom stereocenters. The number of nitrogens with zero attached hydrogens (tertiary/aromatic N) is 1. The van der Waals surface area contributed by atoms with Crippen LogP contribution in [-0.4, -0.2) is 25.9 Å². The lowest BCUT2D eigenvalue weighted by molar-refractivity contribution is -0.901. The second-order valence-corrected chi connectivity index (χ2v) is 6.59. The van der Waals surface area contributed by atoms with Crippen molar-refractivity contribution < 1.29 is 18.4 Å². The molecule has 1 aliphatic rings. The van der Waals surface area contributed by atoms with E-state index in [0.717, 1.165) is 29.5 Å². The maximum absolute atomic E-state index is 13.7. The van der Waals surface area contributed by atoms with Crippen LogP contribution in [0.15, 0.2) is 41.5 Å². The Bertz CT molecular complexity index is 802. The van der Waals surface area contributed by atoms with Crippen LogP contribution in [0.1, 0.15) is 30.9 Å². The van der Waals surface area contributed by atoms with Gasteiger partial charge in [-0.25, -0.2) is 8.78 Å². The van der Waals surface area contributed by atoms with Gasteiger partial charge in [-0.3, -0.25) is 5.43 Å². The average Bonchev–Trinajstić information content (AvgIpc) is 3.13. The molecule has 26 heavy (non-hydrogen) atoms. The van der Waals surface area contributed by atoms with E-state index in [0.29, 0.717) is 5.71 Å². The number of quaternary nitrogens is 1. The summed E-state index contributed by atoms with van der Waals surface area (Å²) in [6.07, 6.45) is 2.54. The van der Waals surface area contributed by atoms with Gasteiger partial charge >= 0.3 is 0 Å². The number of likely N-dealkylation sites (tertiary alicyclic amines) is 1. The van der Waals surface area contributed by atoms with Gasteiger partial charge in [-0.05, 0) is 42.8 Å². The fourth-order valence-corrected chi connectivity index (χ4v) is 3.25. The average molecular weight is 360 g/mol. The summed E-state index contributed by atoms with van der Waals surface area (Å²) in [4.78, 5) is 1.56. The smallest absolute Gasteiger partial charge is 0.151 e. The Hall–Kier alpha value is -2.47. The molecule has 4 nitrogen and oxygen atoms in total. The van der Waals surface area contributed by atoms with Crippen LogP contribution in [0.25, 0.3) is 0 Å². The number of ether oxygens (including phenoxy) is 1. The molecule has 0 aromatic heterocycles. The van der Waals surface area contributed by atoms with Gasteiger partial charge in [0.25, 0.3) is 0 Å². The predicted octanol–water partition coefficient (Wildman–Crippen LogP) is 2.99. The summed E-state index contributed by atoms with van der Waals surface area (Å²) >= 11 is 0. The lowest BCUT2D eigenvalue weighted by Crippen LogP contribution is -3.08. The summed E-state index contributed by atoms with van der Waals surface area (Å²) in [5.41, 5.74) is 5.61. The summed E-state index contributed by atoms with van der Waals surface area (Å²) in [7, 11) is 1.68. The highest BCUT2D eigenvalue weighted by Crippen LogP contribution is 2.20. The quantitative estimate of drug-likeness (QED) is 0.614. The van der Waals surface area contributed by atoms with E-state index in [-0.39, 0.29) is 5.69 Å². The molecule has 0 saturated carbocycles. The summed E-state index contributed by atoms with van der Waals surface area (Å²) < 4.78 is 32.2. The molecule has 1 aliphatic heterocycles. The zero-order valence-electron chi connectivity index (χ0n) is 15.1. The molecule has 2 aromatic carbocycles. The van der Waals surface area contributed by atoms with Gasteiger partial charge in [0.15, 0.2) is 5.82 Å². The first-order valence-corrected chi connectivity index (χ1v) is 8.83. The molecule has 0 spiro atoms. The van der Waals surface area contributed by atoms with Gasteiger partial charge in [0.1, 0.15) is 18.1 Å². The summed E-state index contributed by atoms with van der Waals surface area (Å²) in [6, 6.07) is 9.31. The Kier molecular flexibility index (Phi) is 5.83. The van der Waals surface area contributed by atoms with E-state index in [1.54, 1.807) is 12.0 Å². The van der Waals surface area contributed by atoms with Crippen LogP contribution in [0.4, 0.5) is 14.5 Å². The molecule has 2 N–H and O–H groups in total. The third-order valence-electron chi connectivity index (χ3n) is 4.72. The SMILES string of the molecule is COc1ccc(/C(C)=N\Nc2ccc(F)cc2F)cc1C[NH+]1CCCC1. The predicted molar refractivity (Wildman–Crippen MR) is 98.8 cm³/mol. The molecule has 3 rings (SSSR count). The second kappa shape index (κ2) is 8.27. The van der Waals surface area contributed by atoms with Crippen LogP contribution in [0.2, 0.25) is 0 Å². The Morgan fingerprint density at radius 2 is 1.92 bits per heavy atom. The molecule has 0 radical (unpaired) electrons. The van der Waals surface area contributed by atoms with E-state index in [2.05, 4.69) is 16.6 Å². The van der Waals surface area contributed by atoms with Crippen LogP contribution in [0.5, 0.6) is 5.75 Å². The van der Waals surface area contributed by atoms with Gasteiger partial charge in [-0.1, -0.05) is 0 Å². The zero-order chi connectivity index (χ0) is 18.5. The topological polar surface area (TPSA) is 38.1 Å². The van der Waals surface area contributed by atoms with Crippen molar-refractivity contribution in [1.82, 2.24) is 0 Å². The number of nitrogens with one attached hydrogen (secondary N) is 2. The van der Waals surface area contributed by atoms with Crippen LogP contribution in [0.3, 0.4) is 0 Å². The molecular weight excluding hydrogens is 336 g/mol. The summed E-state index contributed by atoms with van der Waals surface area (Å²) in [5.74, 6) is -0.411. The molecule has 138 valence electrons. The van der Waals surface area contributed by atoms with Crippen LogP contribution in [0, 0.1) is 11.6 Å². The number of anilines is 1. The number of rotatable bonds is 6. The highest BCUT2D eigenvalue weighted by atomic mass is 19.1. The number of hydrogen-bond acceptors (Lipinski definition) is 3. The highest BCUT2D eigenvalue weighted by molar-refractivity contribution is 5.99. The van der Waals surface area contributed by atoms with E-state index in [1.165, 1.54) is 38.1 Å². The van der Waals surface area contributed by atoms with Crippen molar-refractivity contribution in [3.05, 3.63) is 59.2 Å². The van der Waals surface area contributed by atoms with Crippen molar-refractivity contribution in [2.75, 3.05) is 25.6 Å². The van der Waals surface area contributed by atoms with E-state index in [4.69, 9.17) is 4.74 Å². The van der Waals surface area contributed by atoms with Gasteiger partial charge < -0.3 is 9.64 Å². The third kappa shape index (κ3) is 4.38. The number of halogens is 2. The van der Waals surface area contributed by atoms with Gasteiger partial charge in [-0.2, -0.15) is 5.10 Å². The molecule has 1 saturated heterocycles. The van der Waals surface area contributed by atoms with Crippen molar-refractivity contribution in [1.29, 1.82) is 0 Å². The Balaban J connectivity index is 1.78. The number of hydrogen-bond donors (Lipinski definition) is 2. The lowest BCUT2D eigenvalue weighted by atomic mass is 10.1. The molecule has 0 bridgehead atoms. The molecule has 0 amide bonds. The monoisotopic (exact) mass is 360 g/mol. The van der Waals surface area contributed by atoms with Crippen LogP contribution >= 0.6 is 0 Å². The lowest BCUT2D eigenvalue weighted by Gasteiger charge is -2.15. The van der Waals surface area contributed by atoms with Gasteiger partial charge in [-0.15, -0.1) is 0 Å². The fourth-order valence-electron chi connectivity index (χ4n) is 3.25. The largest absolute Gasteiger partial charge is 0.496 e. The number of methoxy groups -OCH3 is 1. The summed E-state index contributed by atoms with van der Waals surface area (Å²) in [6.45, 7) is 5.14.